The van der Waals surface area contributed by atoms with Gasteiger partial charge < -0.3 is 10.2 Å². The van der Waals surface area contributed by atoms with Gasteiger partial charge in [0.05, 0.1) is 11.8 Å². The quantitative estimate of drug-likeness (QED) is 0.727. The van der Waals surface area contributed by atoms with Crippen LogP contribution in [0.4, 0.5) is 0 Å². The highest BCUT2D eigenvalue weighted by molar-refractivity contribution is 7.90. The molecule has 0 radical (unpaired) electrons. The van der Waals surface area contributed by atoms with Crippen LogP contribution in [-0.2, 0) is 14.6 Å². The number of sulfone groups is 1. The Kier molecular flexibility index (Phi) is 4.32. The number of likely N-dealkylation sites (N-methyl/N-ethyl adjacent to an activating group) is 1. The van der Waals surface area contributed by atoms with Crippen LogP contribution >= 0.6 is 0 Å². The summed E-state index contributed by atoms with van der Waals surface area (Å²) in [6.45, 7) is 3.16. The molecule has 1 aliphatic rings. The minimum atomic E-state index is -3.00. The molecule has 0 aromatic rings. The van der Waals surface area contributed by atoms with E-state index >= 15 is 0 Å². The smallest absolute Gasteiger partial charge is 0.239 e. The zero-order chi connectivity index (χ0) is 12.3. The van der Waals surface area contributed by atoms with E-state index in [9.17, 15) is 13.2 Å². The average Bonchev–Trinajstić information content (AvgIpc) is 2.58. The third-order valence-electron chi connectivity index (χ3n) is 2.97. The summed E-state index contributed by atoms with van der Waals surface area (Å²) >= 11 is 0. The minimum absolute atomic E-state index is 0.00588. The van der Waals surface area contributed by atoms with Gasteiger partial charge in [0.1, 0.15) is 9.84 Å². The molecule has 2 atom stereocenters. The molecule has 0 aromatic heterocycles. The predicted octanol–water partition coefficient (Wildman–Crippen LogP) is -0.513. The Morgan fingerprint density at radius 3 is 2.56 bits per heavy atom. The number of carbonyl (C=O) groups is 1. The molecule has 1 rings (SSSR count). The Balaban J connectivity index is 2.47. The van der Waals surface area contributed by atoms with Gasteiger partial charge in [0, 0.05) is 19.8 Å². The van der Waals surface area contributed by atoms with Crippen molar-refractivity contribution < 1.29 is 13.2 Å². The topological polar surface area (TPSA) is 66.5 Å². The first kappa shape index (κ1) is 13.4. The summed E-state index contributed by atoms with van der Waals surface area (Å²) in [7, 11) is -1.35. The van der Waals surface area contributed by atoms with Gasteiger partial charge in [-0.25, -0.2) is 8.42 Å². The summed E-state index contributed by atoms with van der Waals surface area (Å²) in [5.74, 6) is 0.345. The molecule has 1 aliphatic heterocycles. The fraction of sp³-hybridized carbons (Fsp3) is 0.900. The molecule has 0 spiro atoms. The summed E-state index contributed by atoms with van der Waals surface area (Å²) < 4.78 is 22.0. The van der Waals surface area contributed by atoms with Gasteiger partial charge in [-0.3, -0.25) is 4.79 Å². The fourth-order valence-electron chi connectivity index (χ4n) is 1.82. The van der Waals surface area contributed by atoms with Gasteiger partial charge in [-0.1, -0.05) is 6.92 Å². The molecule has 2 unspecified atom stereocenters. The van der Waals surface area contributed by atoms with E-state index in [1.165, 1.54) is 11.2 Å². The first-order valence-electron chi connectivity index (χ1n) is 5.47. The van der Waals surface area contributed by atoms with Crippen LogP contribution in [0, 0.1) is 5.92 Å². The predicted molar refractivity (Wildman–Crippen MR) is 62.9 cm³/mol. The molecule has 5 nitrogen and oxygen atoms in total. The molecule has 6 heteroatoms. The van der Waals surface area contributed by atoms with Crippen molar-refractivity contribution in [2.24, 2.45) is 5.92 Å². The number of hydrogen-bond acceptors (Lipinski definition) is 4. The largest absolute Gasteiger partial charge is 0.343 e. The van der Waals surface area contributed by atoms with Gasteiger partial charge in [0.2, 0.25) is 5.91 Å². The first-order chi connectivity index (χ1) is 7.31. The van der Waals surface area contributed by atoms with Crippen LogP contribution in [0.15, 0.2) is 0 Å². The van der Waals surface area contributed by atoms with E-state index in [1.54, 1.807) is 7.05 Å². The molecule has 0 aliphatic carbocycles. The van der Waals surface area contributed by atoms with E-state index in [2.05, 4.69) is 5.32 Å². The monoisotopic (exact) mass is 248 g/mol. The molecule has 1 heterocycles. The van der Waals surface area contributed by atoms with Crippen molar-refractivity contribution in [3.63, 3.8) is 0 Å². The molecule has 0 aromatic carbocycles. The van der Waals surface area contributed by atoms with Gasteiger partial charge >= 0.3 is 0 Å². The lowest BCUT2D eigenvalue weighted by Gasteiger charge is -2.23. The summed E-state index contributed by atoms with van der Waals surface area (Å²) in [5, 5.41) is 3.14. The maximum Gasteiger partial charge on any atom is 0.239 e. The highest BCUT2D eigenvalue weighted by atomic mass is 32.2. The minimum Gasteiger partial charge on any atom is -0.343 e. The summed E-state index contributed by atoms with van der Waals surface area (Å²) in [6, 6.07) is -0.149. The lowest BCUT2D eigenvalue weighted by Crippen LogP contribution is -2.45. The molecule has 1 fully saturated rings. The average molecular weight is 248 g/mol. The van der Waals surface area contributed by atoms with Crippen molar-refractivity contribution in [2.45, 2.75) is 19.4 Å². The lowest BCUT2D eigenvalue weighted by atomic mass is 10.0. The van der Waals surface area contributed by atoms with E-state index in [1.807, 2.05) is 6.92 Å². The Labute approximate surface area is 97.1 Å². The van der Waals surface area contributed by atoms with Gasteiger partial charge in [-0.05, 0) is 18.9 Å². The molecule has 1 N–H and O–H groups in total. The van der Waals surface area contributed by atoms with Gasteiger partial charge in [0.25, 0.3) is 0 Å². The SMILES string of the molecule is CC1CCNC1C(=O)N(C)CCS(C)(=O)=O. The van der Waals surface area contributed by atoms with Crippen LogP contribution in [-0.4, -0.2) is 57.4 Å². The van der Waals surface area contributed by atoms with Crippen molar-refractivity contribution in [3.05, 3.63) is 0 Å². The van der Waals surface area contributed by atoms with E-state index in [4.69, 9.17) is 0 Å². The van der Waals surface area contributed by atoms with Crippen LogP contribution in [0.3, 0.4) is 0 Å². The third-order valence-corrected chi connectivity index (χ3v) is 3.90. The second kappa shape index (κ2) is 5.14. The highest BCUT2D eigenvalue weighted by Crippen LogP contribution is 2.15. The number of carbonyl (C=O) groups excluding carboxylic acids is 1. The molecule has 0 bridgehead atoms. The van der Waals surface area contributed by atoms with Crippen molar-refractivity contribution in [1.29, 1.82) is 0 Å². The van der Waals surface area contributed by atoms with E-state index in [0.717, 1.165) is 13.0 Å². The maximum absolute atomic E-state index is 11.9. The van der Waals surface area contributed by atoms with Crippen LogP contribution in [0.1, 0.15) is 13.3 Å². The van der Waals surface area contributed by atoms with Gasteiger partial charge in [-0.15, -0.1) is 0 Å². The van der Waals surface area contributed by atoms with Crippen LogP contribution in [0.25, 0.3) is 0 Å². The summed E-state index contributed by atoms with van der Waals surface area (Å²) in [4.78, 5) is 13.4. The van der Waals surface area contributed by atoms with Gasteiger partial charge in [0.15, 0.2) is 0 Å². The molecule has 16 heavy (non-hydrogen) atoms. The highest BCUT2D eigenvalue weighted by Gasteiger charge is 2.31. The Bertz CT molecular complexity index is 353. The number of nitrogens with one attached hydrogen (secondary N) is 1. The molecular formula is C10H20N2O3S. The second-order valence-corrected chi connectivity index (χ2v) is 6.85. The van der Waals surface area contributed by atoms with Crippen LogP contribution in [0.2, 0.25) is 0 Å². The van der Waals surface area contributed by atoms with Crippen molar-refractivity contribution in [2.75, 3.05) is 32.1 Å². The Morgan fingerprint density at radius 1 is 1.50 bits per heavy atom. The second-order valence-electron chi connectivity index (χ2n) is 4.59. The summed E-state index contributed by atoms with van der Waals surface area (Å²) in [5.41, 5.74) is 0. The molecule has 1 amide bonds. The Morgan fingerprint density at radius 2 is 2.12 bits per heavy atom. The van der Waals surface area contributed by atoms with E-state index in [0.29, 0.717) is 5.92 Å². The standard InChI is InChI=1S/C10H20N2O3S/c1-8-4-5-11-9(8)10(13)12(2)6-7-16(3,14)15/h8-9,11H,4-7H2,1-3H3. The Hall–Kier alpha value is -0.620. The lowest BCUT2D eigenvalue weighted by molar-refractivity contribution is -0.132. The van der Waals surface area contributed by atoms with E-state index in [-0.39, 0.29) is 24.2 Å². The van der Waals surface area contributed by atoms with Crippen molar-refractivity contribution in [3.8, 4) is 0 Å². The zero-order valence-corrected chi connectivity index (χ0v) is 10.9. The van der Waals surface area contributed by atoms with Gasteiger partial charge in [-0.2, -0.15) is 0 Å². The number of amides is 1. The fourth-order valence-corrected chi connectivity index (χ4v) is 2.42. The molecule has 1 saturated heterocycles. The molecule has 0 saturated carbocycles. The normalized spacial score (nSPS) is 25.7. The van der Waals surface area contributed by atoms with Crippen molar-refractivity contribution in [1.82, 2.24) is 10.2 Å². The third kappa shape index (κ3) is 3.75. The van der Waals surface area contributed by atoms with E-state index < -0.39 is 9.84 Å². The van der Waals surface area contributed by atoms with Crippen LogP contribution in [0.5, 0.6) is 0 Å². The number of rotatable bonds is 4. The van der Waals surface area contributed by atoms with Crippen molar-refractivity contribution >= 4 is 15.7 Å². The summed E-state index contributed by atoms with van der Waals surface area (Å²) in [6.07, 6.45) is 2.18. The zero-order valence-electron chi connectivity index (χ0n) is 10.1. The molecular weight excluding hydrogens is 228 g/mol. The number of nitrogens with zero attached hydrogens (tertiary/aromatic N) is 1. The van der Waals surface area contributed by atoms with Crippen LogP contribution < -0.4 is 5.32 Å². The molecule has 94 valence electrons. The maximum atomic E-state index is 11.9. The first-order valence-corrected chi connectivity index (χ1v) is 7.53. The number of hydrogen-bond donors (Lipinski definition) is 1.